The van der Waals surface area contributed by atoms with Gasteiger partial charge in [0.05, 0.1) is 5.01 Å². The lowest BCUT2D eigenvalue weighted by atomic mass is 9.98. The van der Waals surface area contributed by atoms with E-state index in [9.17, 15) is 13.2 Å². The number of halogens is 3. The Hall–Kier alpha value is -1.71. The van der Waals surface area contributed by atoms with Gasteiger partial charge in [-0.1, -0.05) is 5.10 Å². The Morgan fingerprint density at radius 2 is 2.00 bits per heavy atom. The summed E-state index contributed by atoms with van der Waals surface area (Å²) in [6.07, 6.45) is -2.87. The molecule has 0 unspecified atom stereocenters. The van der Waals surface area contributed by atoms with E-state index in [2.05, 4.69) is 20.5 Å². The summed E-state index contributed by atoms with van der Waals surface area (Å²) in [5.74, 6) is 0.757. The predicted octanol–water partition coefficient (Wildman–Crippen LogP) is 2.07. The minimum Gasteiger partial charge on any atom is -0.340 e. The highest BCUT2D eigenvalue weighted by Gasteiger charge is 2.35. The van der Waals surface area contributed by atoms with Gasteiger partial charge in [0.2, 0.25) is 5.95 Å². The summed E-state index contributed by atoms with van der Waals surface area (Å²) in [6.45, 7) is 1.42. The molecular formula is C11H13F3N6S. The van der Waals surface area contributed by atoms with Crippen LogP contribution in [0, 0.1) is 0 Å². The summed E-state index contributed by atoms with van der Waals surface area (Å²) in [6, 6.07) is 0. The van der Waals surface area contributed by atoms with Gasteiger partial charge in [-0.3, -0.25) is 0 Å². The zero-order valence-corrected chi connectivity index (χ0v) is 12.0. The molecule has 2 aromatic rings. The molecule has 0 aromatic carbocycles. The number of alkyl halides is 3. The first-order valence-electron chi connectivity index (χ1n) is 6.45. The van der Waals surface area contributed by atoms with Crippen LogP contribution in [0.1, 0.15) is 29.5 Å². The number of piperidine rings is 1. The van der Waals surface area contributed by atoms with Crippen LogP contribution in [0.15, 0.2) is 5.38 Å². The van der Waals surface area contributed by atoms with Gasteiger partial charge in [0.1, 0.15) is 0 Å². The van der Waals surface area contributed by atoms with Crippen LogP contribution in [0.2, 0.25) is 0 Å². The van der Waals surface area contributed by atoms with Crippen molar-refractivity contribution in [3.05, 3.63) is 16.1 Å². The third-order valence-corrected chi connectivity index (χ3v) is 4.54. The molecule has 0 atom stereocenters. The maximum atomic E-state index is 12.6. The maximum Gasteiger partial charge on any atom is 0.434 e. The van der Waals surface area contributed by atoms with E-state index in [0.717, 1.165) is 29.6 Å². The summed E-state index contributed by atoms with van der Waals surface area (Å²) in [5.41, 5.74) is -0.789. The van der Waals surface area contributed by atoms with Gasteiger partial charge in [-0.2, -0.15) is 13.2 Å². The van der Waals surface area contributed by atoms with Gasteiger partial charge in [0.25, 0.3) is 0 Å². The van der Waals surface area contributed by atoms with Crippen LogP contribution in [0.5, 0.6) is 0 Å². The number of thiazole rings is 1. The molecule has 1 fully saturated rings. The summed E-state index contributed by atoms with van der Waals surface area (Å²) < 4.78 is 39.3. The average Bonchev–Trinajstić information content (AvgIpc) is 3.07. The number of aromatic nitrogens is 5. The molecule has 0 spiro atoms. The minimum absolute atomic E-state index is 0.0727. The van der Waals surface area contributed by atoms with Gasteiger partial charge in [0, 0.05) is 31.4 Å². The second-order valence-corrected chi connectivity index (χ2v) is 5.82. The number of anilines is 1. The van der Waals surface area contributed by atoms with Crippen molar-refractivity contribution in [2.24, 2.45) is 7.05 Å². The Morgan fingerprint density at radius 1 is 1.29 bits per heavy atom. The third kappa shape index (κ3) is 2.85. The van der Waals surface area contributed by atoms with Gasteiger partial charge in [0.15, 0.2) is 5.69 Å². The zero-order chi connectivity index (χ0) is 15.0. The lowest BCUT2D eigenvalue weighted by Gasteiger charge is -2.30. The number of aryl methyl sites for hydroxylation is 1. The molecule has 1 aliphatic rings. The highest BCUT2D eigenvalue weighted by molar-refractivity contribution is 7.09. The fourth-order valence-electron chi connectivity index (χ4n) is 2.42. The van der Waals surface area contributed by atoms with Crippen molar-refractivity contribution < 1.29 is 13.2 Å². The van der Waals surface area contributed by atoms with Gasteiger partial charge in [-0.15, -0.1) is 11.3 Å². The zero-order valence-electron chi connectivity index (χ0n) is 11.2. The maximum absolute atomic E-state index is 12.6. The predicted molar refractivity (Wildman–Crippen MR) is 70.1 cm³/mol. The van der Waals surface area contributed by atoms with E-state index in [1.165, 1.54) is 0 Å². The molecule has 0 amide bonds. The van der Waals surface area contributed by atoms with Gasteiger partial charge < -0.3 is 4.90 Å². The first kappa shape index (κ1) is 14.2. The number of hydrogen-bond donors (Lipinski definition) is 0. The van der Waals surface area contributed by atoms with E-state index >= 15 is 0 Å². The molecule has 0 aliphatic carbocycles. The molecule has 0 bridgehead atoms. The van der Waals surface area contributed by atoms with Crippen LogP contribution in [-0.2, 0) is 13.2 Å². The second kappa shape index (κ2) is 5.24. The number of hydrogen-bond acceptors (Lipinski definition) is 6. The van der Waals surface area contributed by atoms with Gasteiger partial charge in [-0.25, -0.2) is 9.67 Å². The fraction of sp³-hybridized carbons (Fsp3) is 0.636. The number of nitrogens with zero attached hydrogens (tertiary/aromatic N) is 6. The molecule has 21 heavy (non-hydrogen) atoms. The Bertz CT molecular complexity index is 614. The molecule has 1 saturated heterocycles. The van der Waals surface area contributed by atoms with Crippen LogP contribution >= 0.6 is 11.3 Å². The Labute approximate surface area is 122 Å². The molecule has 0 saturated carbocycles. The number of tetrazole rings is 1. The Morgan fingerprint density at radius 3 is 2.52 bits per heavy atom. The topological polar surface area (TPSA) is 59.7 Å². The van der Waals surface area contributed by atoms with Crippen LogP contribution in [0.4, 0.5) is 19.1 Å². The smallest absolute Gasteiger partial charge is 0.340 e. The molecular weight excluding hydrogens is 305 g/mol. The first-order chi connectivity index (χ1) is 9.95. The quantitative estimate of drug-likeness (QED) is 0.848. The third-order valence-electron chi connectivity index (χ3n) is 3.54. The SMILES string of the molecule is Cn1nnnc1N1CCC(c2nc(C(F)(F)F)cs2)CC1. The Balaban J connectivity index is 1.66. The number of rotatable bonds is 2. The van der Waals surface area contributed by atoms with Crippen molar-refractivity contribution >= 4 is 17.3 Å². The van der Waals surface area contributed by atoms with Crippen molar-refractivity contribution in [2.45, 2.75) is 24.9 Å². The average molecular weight is 318 g/mol. The van der Waals surface area contributed by atoms with Crippen molar-refractivity contribution in [2.75, 3.05) is 18.0 Å². The van der Waals surface area contributed by atoms with Crippen LogP contribution in [-0.4, -0.2) is 38.3 Å². The van der Waals surface area contributed by atoms with E-state index in [-0.39, 0.29) is 5.92 Å². The summed E-state index contributed by atoms with van der Waals surface area (Å²) >= 11 is 1.09. The molecule has 1 aliphatic heterocycles. The standard InChI is InChI=1S/C11H13F3N6S/c1-19-10(16-17-18-19)20-4-2-7(3-5-20)9-15-8(6-21-9)11(12,13)14/h6-7H,2-5H2,1H3. The minimum atomic E-state index is -4.36. The molecule has 0 N–H and O–H groups in total. The van der Waals surface area contributed by atoms with E-state index < -0.39 is 11.9 Å². The molecule has 3 heterocycles. The fourth-order valence-corrected chi connectivity index (χ4v) is 3.42. The lowest BCUT2D eigenvalue weighted by molar-refractivity contribution is -0.140. The monoisotopic (exact) mass is 318 g/mol. The van der Waals surface area contributed by atoms with Gasteiger partial charge in [-0.05, 0) is 23.3 Å². The summed E-state index contributed by atoms with van der Waals surface area (Å²) in [5, 5.41) is 13.0. The lowest BCUT2D eigenvalue weighted by Crippen LogP contribution is -2.34. The largest absolute Gasteiger partial charge is 0.434 e. The van der Waals surface area contributed by atoms with Gasteiger partial charge >= 0.3 is 6.18 Å². The molecule has 0 radical (unpaired) electrons. The van der Waals surface area contributed by atoms with E-state index in [1.807, 2.05) is 4.90 Å². The summed E-state index contributed by atoms with van der Waals surface area (Å²) in [7, 11) is 1.76. The van der Waals surface area contributed by atoms with E-state index in [4.69, 9.17) is 0 Å². The summed E-state index contributed by atoms with van der Waals surface area (Å²) in [4.78, 5) is 5.78. The van der Waals surface area contributed by atoms with Crippen LogP contribution in [0.25, 0.3) is 0 Å². The van der Waals surface area contributed by atoms with E-state index in [0.29, 0.717) is 24.0 Å². The van der Waals surface area contributed by atoms with Crippen LogP contribution in [0.3, 0.4) is 0 Å². The molecule has 3 rings (SSSR count). The van der Waals surface area contributed by atoms with Crippen molar-refractivity contribution in [3.8, 4) is 0 Å². The molecule has 6 nitrogen and oxygen atoms in total. The normalized spacial score (nSPS) is 17.4. The van der Waals surface area contributed by atoms with Crippen LogP contribution < -0.4 is 4.90 Å². The van der Waals surface area contributed by atoms with Crippen molar-refractivity contribution in [1.82, 2.24) is 25.2 Å². The molecule has 10 heteroatoms. The van der Waals surface area contributed by atoms with Crippen molar-refractivity contribution in [1.29, 1.82) is 0 Å². The second-order valence-electron chi connectivity index (χ2n) is 4.93. The first-order valence-corrected chi connectivity index (χ1v) is 7.33. The molecule has 2 aromatic heterocycles. The van der Waals surface area contributed by atoms with E-state index in [1.54, 1.807) is 11.7 Å². The highest BCUT2D eigenvalue weighted by atomic mass is 32.1. The highest BCUT2D eigenvalue weighted by Crippen LogP contribution is 2.35. The Kier molecular flexibility index (Phi) is 3.56. The van der Waals surface area contributed by atoms with Crippen molar-refractivity contribution in [3.63, 3.8) is 0 Å². The molecule has 114 valence electrons.